The van der Waals surface area contributed by atoms with Crippen molar-refractivity contribution in [3.05, 3.63) is 77.7 Å². The molecule has 0 radical (unpaired) electrons. The third kappa shape index (κ3) is 4.66. The minimum Gasteiger partial charge on any atom is -0.292 e. The van der Waals surface area contributed by atoms with E-state index in [0.29, 0.717) is 20.1 Å². The fourth-order valence-corrected chi connectivity index (χ4v) is 5.26. The second-order valence-electron chi connectivity index (χ2n) is 6.71. The maximum Gasteiger partial charge on any atom is 0.266 e. The maximum atomic E-state index is 13.1. The van der Waals surface area contributed by atoms with Gasteiger partial charge in [0.1, 0.15) is 4.32 Å². The lowest BCUT2D eigenvalue weighted by atomic mass is 10.2. The molecule has 0 bridgehead atoms. The number of carbonyl (C=O) groups excluding carboxylic acids is 2. The van der Waals surface area contributed by atoms with Crippen LogP contribution in [0.5, 0.6) is 0 Å². The highest BCUT2D eigenvalue weighted by Gasteiger charge is 2.32. The van der Waals surface area contributed by atoms with Gasteiger partial charge < -0.3 is 0 Å². The van der Waals surface area contributed by atoms with Gasteiger partial charge in [0.05, 0.1) is 15.9 Å². The molecule has 3 aromatic rings. The van der Waals surface area contributed by atoms with Gasteiger partial charge in [-0.15, -0.1) is 6.58 Å². The first kappa shape index (κ1) is 21.5. The molecule has 0 saturated carbocycles. The Labute approximate surface area is 194 Å². The van der Waals surface area contributed by atoms with Crippen molar-refractivity contribution >= 4 is 69.0 Å². The number of imidazole rings is 1. The smallest absolute Gasteiger partial charge is 0.266 e. The molecular formula is C23H19N3O2S3. The lowest BCUT2D eigenvalue weighted by Crippen LogP contribution is -2.31. The summed E-state index contributed by atoms with van der Waals surface area (Å²) in [5.41, 5.74) is 2.46. The molecule has 0 spiro atoms. The topological polar surface area (TPSA) is 55.2 Å². The first-order valence-corrected chi connectivity index (χ1v) is 11.8. The molecule has 2 heterocycles. The molecule has 1 aliphatic heterocycles. The number of aromatic nitrogens is 2. The van der Waals surface area contributed by atoms with Crippen LogP contribution in [0.2, 0.25) is 0 Å². The molecule has 31 heavy (non-hydrogen) atoms. The Morgan fingerprint density at radius 2 is 1.90 bits per heavy atom. The maximum absolute atomic E-state index is 13.1. The van der Waals surface area contributed by atoms with Crippen LogP contribution >= 0.6 is 35.7 Å². The summed E-state index contributed by atoms with van der Waals surface area (Å²) in [6.07, 6.45) is 3.75. The van der Waals surface area contributed by atoms with Crippen molar-refractivity contribution in [2.24, 2.45) is 0 Å². The van der Waals surface area contributed by atoms with Gasteiger partial charge in [0.25, 0.3) is 5.91 Å². The summed E-state index contributed by atoms with van der Waals surface area (Å²) in [7, 11) is 0. The highest BCUT2D eigenvalue weighted by molar-refractivity contribution is 8.26. The molecule has 1 aliphatic rings. The molecule has 1 aromatic heterocycles. The summed E-state index contributed by atoms with van der Waals surface area (Å²) in [6, 6.07) is 17.2. The Morgan fingerprint density at radius 1 is 1.16 bits per heavy atom. The van der Waals surface area contributed by atoms with Crippen LogP contribution in [0.15, 0.2) is 77.3 Å². The van der Waals surface area contributed by atoms with E-state index in [1.54, 1.807) is 10.6 Å². The second kappa shape index (κ2) is 9.64. The normalized spacial score (nSPS) is 15.2. The van der Waals surface area contributed by atoms with E-state index < -0.39 is 0 Å². The molecule has 5 nitrogen and oxygen atoms in total. The van der Waals surface area contributed by atoms with E-state index in [1.165, 1.54) is 28.4 Å². The van der Waals surface area contributed by atoms with Gasteiger partial charge in [-0.05, 0) is 23.8 Å². The van der Waals surface area contributed by atoms with E-state index in [1.807, 2.05) is 60.7 Å². The highest BCUT2D eigenvalue weighted by atomic mass is 32.2. The molecule has 0 N–H and O–H groups in total. The minimum absolute atomic E-state index is 0.124. The van der Waals surface area contributed by atoms with Gasteiger partial charge >= 0.3 is 0 Å². The largest absolute Gasteiger partial charge is 0.292 e. The molecule has 0 aliphatic carbocycles. The van der Waals surface area contributed by atoms with Crippen LogP contribution in [-0.2, 0) is 4.79 Å². The minimum atomic E-state index is -0.164. The predicted octanol–water partition coefficient (Wildman–Crippen LogP) is 5.25. The quantitative estimate of drug-likeness (QED) is 0.206. The lowest BCUT2D eigenvalue weighted by molar-refractivity contribution is -0.122. The van der Waals surface area contributed by atoms with Crippen molar-refractivity contribution in [2.45, 2.75) is 11.6 Å². The van der Waals surface area contributed by atoms with Crippen molar-refractivity contribution in [1.29, 1.82) is 0 Å². The number of para-hydroxylation sites is 2. The number of hydrogen-bond donors (Lipinski definition) is 0. The van der Waals surface area contributed by atoms with Gasteiger partial charge in [-0.25, -0.2) is 4.98 Å². The van der Waals surface area contributed by atoms with Crippen LogP contribution in [-0.4, -0.2) is 42.9 Å². The molecule has 156 valence electrons. The van der Waals surface area contributed by atoms with E-state index in [9.17, 15) is 9.59 Å². The van der Waals surface area contributed by atoms with Gasteiger partial charge in [-0.1, -0.05) is 84.3 Å². The van der Waals surface area contributed by atoms with Crippen LogP contribution in [0.3, 0.4) is 0 Å². The molecule has 1 saturated heterocycles. The number of rotatable bonds is 7. The number of thioether (sulfide) groups is 2. The first-order valence-electron chi connectivity index (χ1n) is 9.63. The molecule has 0 unspecified atom stereocenters. The first-order chi connectivity index (χ1) is 15.1. The van der Waals surface area contributed by atoms with E-state index in [2.05, 4.69) is 11.6 Å². The van der Waals surface area contributed by atoms with Crippen molar-refractivity contribution in [3.8, 4) is 0 Å². The summed E-state index contributed by atoms with van der Waals surface area (Å²) in [4.78, 5) is 32.6. The third-order valence-corrected chi connectivity index (χ3v) is 6.94. The summed E-state index contributed by atoms with van der Waals surface area (Å²) < 4.78 is 2.10. The molecular weight excluding hydrogens is 446 g/mol. The van der Waals surface area contributed by atoms with Crippen LogP contribution in [0, 0.1) is 0 Å². The van der Waals surface area contributed by atoms with Gasteiger partial charge in [0.2, 0.25) is 5.91 Å². The summed E-state index contributed by atoms with van der Waals surface area (Å²) in [6.45, 7) is 3.97. The van der Waals surface area contributed by atoms with E-state index in [0.717, 1.165) is 16.6 Å². The average molecular weight is 466 g/mol. The summed E-state index contributed by atoms with van der Waals surface area (Å²) in [5, 5.41) is 0.625. The number of amides is 1. The van der Waals surface area contributed by atoms with E-state index in [-0.39, 0.29) is 24.8 Å². The zero-order valence-electron chi connectivity index (χ0n) is 16.6. The zero-order chi connectivity index (χ0) is 21.8. The van der Waals surface area contributed by atoms with Gasteiger partial charge in [-0.3, -0.25) is 19.1 Å². The number of nitrogens with zero attached hydrogens (tertiary/aromatic N) is 3. The standard InChI is InChI=1S/C23H19N3O2S3/c1-2-14-30-22-24-17-10-6-7-11-18(17)26(22)20(27)12-13-25-21(28)19(31-23(25)29)15-16-8-4-3-5-9-16/h2-11,15H,1,12-14H2. The van der Waals surface area contributed by atoms with Crippen molar-refractivity contribution in [3.63, 3.8) is 0 Å². The molecule has 1 fully saturated rings. The SMILES string of the molecule is C=CCSc1nc2ccccc2n1C(=O)CCN1C(=O)C(=Cc2ccccc2)SC1=S. The Hall–Kier alpha value is -2.68. The molecule has 4 rings (SSSR count). The van der Waals surface area contributed by atoms with E-state index in [4.69, 9.17) is 12.2 Å². The Kier molecular flexibility index (Phi) is 6.70. The van der Waals surface area contributed by atoms with Crippen molar-refractivity contribution in [2.75, 3.05) is 12.3 Å². The van der Waals surface area contributed by atoms with Crippen LogP contribution < -0.4 is 0 Å². The van der Waals surface area contributed by atoms with Crippen molar-refractivity contribution < 1.29 is 9.59 Å². The number of carbonyl (C=O) groups is 2. The fraction of sp³-hybridized carbons (Fsp3) is 0.130. The Morgan fingerprint density at radius 3 is 2.68 bits per heavy atom. The number of fused-ring (bicyclic) bond motifs is 1. The predicted molar refractivity (Wildman–Crippen MR) is 132 cm³/mol. The van der Waals surface area contributed by atoms with Gasteiger partial charge in [-0.2, -0.15) is 0 Å². The van der Waals surface area contributed by atoms with Crippen molar-refractivity contribution in [1.82, 2.24) is 14.5 Å². The zero-order valence-corrected chi connectivity index (χ0v) is 19.0. The molecule has 2 aromatic carbocycles. The van der Waals surface area contributed by atoms with Gasteiger partial charge in [0, 0.05) is 18.7 Å². The Balaban J connectivity index is 1.51. The number of benzene rings is 2. The third-order valence-electron chi connectivity index (χ3n) is 4.63. The molecule has 0 atom stereocenters. The number of hydrogen-bond acceptors (Lipinski definition) is 6. The van der Waals surface area contributed by atoms with Crippen LogP contribution in [0.1, 0.15) is 16.8 Å². The van der Waals surface area contributed by atoms with E-state index >= 15 is 0 Å². The Bertz CT molecular complexity index is 1200. The molecule has 8 heteroatoms. The van der Waals surface area contributed by atoms with Crippen LogP contribution in [0.25, 0.3) is 17.1 Å². The highest BCUT2D eigenvalue weighted by Crippen LogP contribution is 2.33. The fourth-order valence-electron chi connectivity index (χ4n) is 3.19. The van der Waals surface area contributed by atoms with Crippen LogP contribution in [0.4, 0.5) is 0 Å². The average Bonchev–Trinajstić information content (AvgIpc) is 3.28. The summed E-state index contributed by atoms with van der Waals surface area (Å²) >= 11 is 8.13. The lowest BCUT2D eigenvalue weighted by Gasteiger charge is -2.14. The second-order valence-corrected chi connectivity index (χ2v) is 9.37. The number of thiocarbonyl (C=S) groups is 1. The monoisotopic (exact) mass is 465 g/mol. The summed E-state index contributed by atoms with van der Waals surface area (Å²) in [5.74, 6) is 0.361. The van der Waals surface area contributed by atoms with Gasteiger partial charge in [0.15, 0.2) is 5.16 Å². The molecule has 1 amide bonds.